The number of alkyl halides is 3. The molecule has 0 saturated heterocycles. The third-order valence-corrected chi connectivity index (χ3v) is 4.54. The summed E-state index contributed by atoms with van der Waals surface area (Å²) in [5, 5.41) is 12.6. The Kier molecular flexibility index (Phi) is 6.30. The van der Waals surface area contributed by atoms with E-state index in [1.54, 1.807) is 24.3 Å². The first-order valence-corrected chi connectivity index (χ1v) is 9.14. The fourth-order valence-electron chi connectivity index (χ4n) is 2.88. The molecule has 31 heavy (non-hydrogen) atoms. The molecule has 6 nitrogen and oxygen atoms in total. The highest BCUT2D eigenvalue weighted by molar-refractivity contribution is 5.77. The molecule has 2 N–H and O–H groups in total. The first-order chi connectivity index (χ1) is 14.6. The molecule has 2 aromatic carbocycles. The van der Waals surface area contributed by atoms with Gasteiger partial charge >= 0.3 is 6.18 Å². The van der Waals surface area contributed by atoms with Crippen LogP contribution >= 0.6 is 0 Å². The molecular weight excluding hydrogens is 418 g/mol. The topological polar surface area (TPSA) is 76.4 Å². The number of aliphatic hydroxyl groups is 1. The molecule has 1 heterocycles. The molecular formula is C21H19F4N3O3. The second-order valence-electron chi connectivity index (χ2n) is 6.87. The van der Waals surface area contributed by atoms with Crippen LogP contribution < -0.4 is 10.1 Å². The molecule has 0 unspecified atom stereocenters. The zero-order valence-corrected chi connectivity index (χ0v) is 16.4. The summed E-state index contributed by atoms with van der Waals surface area (Å²) in [5.74, 6) is -1.16. The van der Waals surface area contributed by atoms with Crippen molar-refractivity contribution in [2.75, 3.05) is 0 Å². The van der Waals surface area contributed by atoms with Crippen molar-refractivity contribution in [3.05, 3.63) is 78.1 Å². The highest BCUT2D eigenvalue weighted by atomic mass is 19.4. The number of amides is 1. The van der Waals surface area contributed by atoms with Crippen LogP contribution in [0.3, 0.4) is 0 Å². The fourth-order valence-corrected chi connectivity index (χ4v) is 2.88. The maximum atomic E-state index is 13.5. The number of carbonyl (C=O) groups is 1. The Morgan fingerprint density at radius 1 is 1.10 bits per heavy atom. The normalized spacial score (nSPS) is 13.5. The Labute approximate surface area is 175 Å². The van der Waals surface area contributed by atoms with Crippen LogP contribution in [0.25, 0.3) is 0 Å². The summed E-state index contributed by atoms with van der Waals surface area (Å²) < 4.78 is 60.0. The minimum atomic E-state index is -5.09. The van der Waals surface area contributed by atoms with Crippen LogP contribution in [0.15, 0.2) is 60.9 Å². The van der Waals surface area contributed by atoms with Gasteiger partial charge in [-0.05, 0) is 42.0 Å². The van der Waals surface area contributed by atoms with Gasteiger partial charge in [0.1, 0.15) is 17.3 Å². The van der Waals surface area contributed by atoms with Crippen molar-refractivity contribution in [3.8, 4) is 11.5 Å². The summed E-state index contributed by atoms with van der Waals surface area (Å²) in [6, 6.07) is 11.9. The van der Waals surface area contributed by atoms with Gasteiger partial charge in [0.05, 0.1) is 6.42 Å². The number of ether oxygens (including phenoxy) is 1. The summed E-state index contributed by atoms with van der Waals surface area (Å²) in [6.07, 6.45) is -3.96. The lowest BCUT2D eigenvalue weighted by Gasteiger charge is -2.29. The molecule has 3 rings (SSSR count). The predicted octanol–water partition coefficient (Wildman–Crippen LogP) is 3.81. The maximum absolute atomic E-state index is 13.5. The predicted molar refractivity (Wildman–Crippen MR) is 103 cm³/mol. The van der Waals surface area contributed by atoms with Crippen molar-refractivity contribution in [3.63, 3.8) is 0 Å². The van der Waals surface area contributed by atoms with Crippen LogP contribution in [0.1, 0.15) is 17.8 Å². The van der Waals surface area contributed by atoms with Crippen molar-refractivity contribution >= 4 is 5.91 Å². The number of benzene rings is 2. The third-order valence-electron chi connectivity index (χ3n) is 4.54. The van der Waals surface area contributed by atoms with Crippen LogP contribution in [0.5, 0.6) is 11.5 Å². The van der Waals surface area contributed by atoms with E-state index in [1.165, 1.54) is 37.5 Å². The molecule has 164 valence electrons. The van der Waals surface area contributed by atoms with E-state index < -0.39 is 35.7 Å². The first kappa shape index (κ1) is 22.3. The second kappa shape index (κ2) is 8.76. The molecule has 0 radical (unpaired) electrons. The fraction of sp³-hybridized carbons (Fsp3) is 0.238. The number of carbonyl (C=O) groups excluding carboxylic acids is 1. The molecule has 0 aliphatic carbocycles. The number of aromatic nitrogens is 2. The number of rotatable bonds is 7. The van der Waals surface area contributed by atoms with Gasteiger partial charge in [-0.3, -0.25) is 4.79 Å². The molecule has 0 saturated carbocycles. The minimum Gasteiger partial charge on any atom is -0.457 e. The van der Waals surface area contributed by atoms with Crippen molar-refractivity contribution in [1.82, 2.24) is 14.9 Å². The average molecular weight is 437 g/mol. The highest BCUT2D eigenvalue weighted by Crippen LogP contribution is 2.40. The molecule has 0 fully saturated rings. The van der Waals surface area contributed by atoms with Crippen molar-refractivity contribution < 1.29 is 32.2 Å². The van der Waals surface area contributed by atoms with Crippen LogP contribution in [0, 0.1) is 5.82 Å². The van der Waals surface area contributed by atoms with Crippen molar-refractivity contribution in [1.29, 1.82) is 0 Å². The van der Waals surface area contributed by atoms with Crippen LogP contribution in [0.2, 0.25) is 0 Å². The van der Waals surface area contributed by atoms with Crippen molar-refractivity contribution in [2.45, 2.75) is 24.7 Å². The Morgan fingerprint density at radius 3 is 2.19 bits per heavy atom. The number of imidazole rings is 1. The van der Waals surface area contributed by atoms with Gasteiger partial charge in [-0.1, -0.05) is 12.1 Å². The van der Waals surface area contributed by atoms with E-state index in [1.807, 2.05) is 0 Å². The molecule has 0 aliphatic rings. The van der Waals surface area contributed by atoms with Gasteiger partial charge in [-0.15, -0.1) is 0 Å². The Balaban J connectivity index is 1.61. The maximum Gasteiger partial charge on any atom is 0.425 e. The number of hydrogen-bond acceptors (Lipinski definition) is 4. The first-order valence-electron chi connectivity index (χ1n) is 9.14. The summed E-state index contributed by atoms with van der Waals surface area (Å²) in [5.41, 5.74) is -2.81. The molecule has 1 amide bonds. The standard InChI is InChI=1S/C21H19F4N3O3/c1-28-11-10-26-19(28)20(30,21(23,24)25)12-18(29)27-13-14-2-6-16(7-3-14)31-17-8-4-15(22)5-9-17/h2-11,30H,12-13H2,1H3,(H,27,29)/t20-/m0/s1. The molecule has 1 atom stereocenters. The largest absolute Gasteiger partial charge is 0.457 e. The zero-order valence-electron chi connectivity index (χ0n) is 16.4. The number of nitrogens with one attached hydrogen (secondary N) is 1. The van der Waals surface area contributed by atoms with Gasteiger partial charge < -0.3 is 19.7 Å². The lowest BCUT2D eigenvalue weighted by Crippen LogP contribution is -2.47. The molecule has 1 aromatic heterocycles. The van der Waals surface area contributed by atoms with Crippen LogP contribution in [-0.2, 0) is 24.0 Å². The smallest absolute Gasteiger partial charge is 0.425 e. The van der Waals surface area contributed by atoms with Gasteiger partial charge in [0.25, 0.3) is 0 Å². The van der Waals surface area contributed by atoms with E-state index in [0.717, 1.165) is 10.8 Å². The van der Waals surface area contributed by atoms with Gasteiger partial charge in [0.15, 0.2) is 5.82 Å². The van der Waals surface area contributed by atoms with E-state index in [-0.39, 0.29) is 6.54 Å². The zero-order chi connectivity index (χ0) is 22.6. The summed E-state index contributed by atoms with van der Waals surface area (Å²) in [7, 11) is 1.30. The van der Waals surface area contributed by atoms with Crippen LogP contribution in [0.4, 0.5) is 17.6 Å². The van der Waals surface area contributed by atoms with E-state index >= 15 is 0 Å². The lowest BCUT2D eigenvalue weighted by atomic mass is 9.97. The highest BCUT2D eigenvalue weighted by Gasteiger charge is 2.58. The van der Waals surface area contributed by atoms with E-state index in [9.17, 15) is 27.5 Å². The molecule has 10 heteroatoms. The van der Waals surface area contributed by atoms with Gasteiger partial charge in [0.2, 0.25) is 11.5 Å². The van der Waals surface area contributed by atoms with E-state index in [4.69, 9.17) is 4.74 Å². The monoisotopic (exact) mass is 437 g/mol. The van der Waals surface area contributed by atoms with Gasteiger partial charge in [-0.2, -0.15) is 13.2 Å². The molecule has 0 aliphatic heterocycles. The lowest BCUT2D eigenvalue weighted by molar-refractivity contribution is -0.271. The second-order valence-corrected chi connectivity index (χ2v) is 6.87. The number of hydrogen-bond donors (Lipinski definition) is 2. The summed E-state index contributed by atoms with van der Waals surface area (Å²) >= 11 is 0. The van der Waals surface area contributed by atoms with E-state index in [0.29, 0.717) is 17.1 Å². The average Bonchev–Trinajstić information content (AvgIpc) is 3.15. The third kappa shape index (κ3) is 5.21. The van der Waals surface area contributed by atoms with Crippen LogP contribution in [-0.4, -0.2) is 26.7 Å². The van der Waals surface area contributed by atoms with E-state index in [2.05, 4.69) is 10.3 Å². The molecule has 3 aromatic rings. The summed E-state index contributed by atoms with van der Waals surface area (Å²) in [4.78, 5) is 15.7. The summed E-state index contributed by atoms with van der Waals surface area (Å²) in [6.45, 7) is -0.0514. The van der Waals surface area contributed by atoms with Crippen molar-refractivity contribution in [2.24, 2.45) is 7.05 Å². The number of aryl methyl sites for hydroxylation is 1. The number of nitrogens with zero attached hydrogens (tertiary/aromatic N) is 2. The molecule has 0 bridgehead atoms. The van der Waals surface area contributed by atoms with Gasteiger partial charge in [0, 0.05) is 26.0 Å². The Bertz CT molecular complexity index is 1030. The Morgan fingerprint density at radius 2 is 1.68 bits per heavy atom. The van der Waals surface area contributed by atoms with Gasteiger partial charge in [-0.25, -0.2) is 9.37 Å². The Hall–Kier alpha value is -3.40. The SMILES string of the molecule is Cn1ccnc1[C@@](O)(CC(=O)NCc1ccc(Oc2ccc(F)cc2)cc1)C(F)(F)F. The minimum absolute atomic E-state index is 0.0514. The quantitative estimate of drug-likeness (QED) is 0.552. The number of halogens is 4. The molecule has 0 spiro atoms.